The predicted molar refractivity (Wildman–Crippen MR) is 130 cm³/mol. The molecule has 1 heterocycles. The van der Waals surface area contributed by atoms with Crippen LogP contribution in [0.15, 0.2) is 72.3 Å². The lowest BCUT2D eigenvalue weighted by atomic mass is 9.92. The minimum absolute atomic E-state index is 0.0957. The fourth-order valence-corrected chi connectivity index (χ4v) is 3.95. The van der Waals surface area contributed by atoms with Crippen LogP contribution >= 0.6 is 0 Å². The highest BCUT2D eigenvalue weighted by atomic mass is 19.1. The second kappa shape index (κ2) is 10.8. The van der Waals surface area contributed by atoms with Crippen LogP contribution in [0.4, 0.5) is 9.18 Å². The number of nitrogens with one attached hydrogen (secondary N) is 2. The summed E-state index contributed by atoms with van der Waals surface area (Å²) in [4.78, 5) is 25.8. The van der Waals surface area contributed by atoms with Crippen molar-refractivity contribution in [3.05, 3.63) is 94.8 Å². The molecule has 0 saturated carbocycles. The van der Waals surface area contributed by atoms with Crippen molar-refractivity contribution in [3.63, 3.8) is 0 Å². The van der Waals surface area contributed by atoms with E-state index in [4.69, 9.17) is 18.9 Å². The minimum atomic E-state index is -0.950. The third-order valence-corrected chi connectivity index (χ3v) is 5.73. The van der Waals surface area contributed by atoms with Crippen LogP contribution in [-0.4, -0.2) is 33.3 Å². The van der Waals surface area contributed by atoms with Crippen LogP contribution in [0.2, 0.25) is 0 Å². The summed E-state index contributed by atoms with van der Waals surface area (Å²) in [6, 6.07) is 16.7. The maximum absolute atomic E-state index is 14.2. The smallest absolute Gasteiger partial charge is 0.338 e. The molecule has 0 aliphatic carbocycles. The monoisotopic (exact) mass is 492 g/mol. The summed E-state index contributed by atoms with van der Waals surface area (Å²) in [6.45, 7) is -0.0957. The molecule has 8 nitrogen and oxygen atoms in total. The molecule has 3 aromatic rings. The summed E-state index contributed by atoms with van der Waals surface area (Å²) in [5.74, 6) is 0.160. The predicted octanol–water partition coefficient (Wildman–Crippen LogP) is 4.36. The van der Waals surface area contributed by atoms with Crippen LogP contribution in [0.5, 0.6) is 17.2 Å². The van der Waals surface area contributed by atoms with E-state index in [0.29, 0.717) is 28.2 Å². The number of ether oxygens (including phenoxy) is 4. The van der Waals surface area contributed by atoms with Crippen LogP contribution in [0, 0.1) is 5.82 Å². The van der Waals surface area contributed by atoms with Gasteiger partial charge in [-0.25, -0.2) is 14.0 Å². The molecule has 4 rings (SSSR count). The van der Waals surface area contributed by atoms with Gasteiger partial charge in [-0.1, -0.05) is 30.3 Å². The molecule has 0 radical (unpaired) electrons. The van der Waals surface area contributed by atoms with Crippen LogP contribution < -0.4 is 24.8 Å². The number of esters is 1. The van der Waals surface area contributed by atoms with E-state index < -0.39 is 23.9 Å². The van der Waals surface area contributed by atoms with Crippen molar-refractivity contribution in [1.29, 1.82) is 0 Å². The Hall–Kier alpha value is -4.53. The van der Waals surface area contributed by atoms with Gasteiger partial charge in [-0.05, 0) is 42.0 Å². The van der Waals surface area contributed by atoms with Gasteiger partial charge in [0.2, 0.25) is 0 Å². The summed E-state index contributed by atoms with van der Waals surface area (Å²) < 4.78 is 36.0. The molecule has 2 amide bonds. The summed E-state index contributed by atoms with van der Waals surface area (Å²) in [5.41, 5.74) is 1.79. The van der Waals surface area contributed by atoms with Gasteiger partial charge in [0.1, 0.15) is 18.2 Å². The van der Waals surface area contributed by atoms with Gasteiger partial charge in [-0.3, -0.25) is 0 Å². The Morgan fingerprint density at radius 3 is 2.36 bits per heavy atom. The maximum Gasteiger partial charge on any atom is 0.338 e. The van der Waals surface area contributed by atoms with E-state index in [2.05, 4.69) is 10.6 Å². The van der Waals surface area contributed by atoms with E-state index in [-0.39, 0.29) is 23.6 Å². The Bertz CT molecular complexity index is 1310. The molecular formula is C27H25FN2O6. The summed E-state index contributed by atoms with van der Waals surface area (Å²) in [7, 11) is 4.27. The maximum atomic E-state index is 14.2. The van der Waals surface area contributed by atoms with Gasteiger partial charge >= 0.3 is 12.0 Å². The Labute approximate surface area is 207 Å². The highest BCUT2D eigenvalue weighted by Crippen LogP contribution is 2.41. The number of amides is 2. The van der Waals surface area contributed by atoms with Crippen molar-refractivity contribution < 1.29 is 32.9 Å². The number of para-hydroxylation sites is 1. The first-order valence-electron chi connectivity index (χ1n) is 11.0. The Morgan fingerprint density at radius 2 is 1.69 bits per heavy atom. The van der Waals surface area contributed by atoms with E-state index >= 15 is 0 Å². The van der Waals surface area contributed by atoms with E-state index in [0.717, 1.165) is 0 Å². The number of carbonyl (C=O) groups is 2. The van der Waals surface area contributed by atoms with Crippen molar-refractivity contribution in [2.75, 3.05) is 21.3 Å². The van der Waals surface area contributed by atoms with E-state index in [1.807, 2.05) is 0 Å². The Morgan fingerprint density at radius 1 is 0.944 bits per heavy atom. The highest BCUT2D eigenvalue weighted by molar-refractivity contribution is 6.04. The van der Waals surface area contributed by atoms with Gasteiger partial charge < -0.3 is 29.6 Å². The second-order valence-electron chi connectivity index (χ2n) is 7.80. The van der Waals surface area contributed by atoms with Gasteiger partial charge in [0.05, 0.1) is 38.6 Å². The van der Waals surface area contributed by atoms with Gasteiger partial charge in [0, 0.05) is 11.1 Å². The molecule has 1 atom stereocenters. The van der Waals surface area contributed by atoms with Gasteiger partial charge in [0.15, 0.2) is 11.5 Å². The molecule has 1 aliphatic rings. The quantitative estimate of drug-likeness (QED) is 0.454. The zero-order chi connectivity index (χ0) is 25.7. The molecule has 0 aromatic heterocycles. The molecular weight excluding hydrogens is 467 g/mol. The number of urea groups is 1. The van der Waals surface area contributed by atoms with E-state index in [1.54, 1.807) is 67.8 Å². The van der Waals surface area contributed by atoms with Crippen LogP contribution in [0.1, 0.15) is 22.7 Å². The molecule has 1 aliphatic heterocycles. The number of methoxy groups -OCH3 is 3. The number of carbonyl (C=O) groups excluding carboxylic acids is 2. The number of hydrogen-bond donors (Lipinski definition) is 2. The molecule has 9 heteroatoms. The number of hydrogen-bond acceptors (Lipinski definition) is 6. The minimum Gasteiger partial charge on any atom is -0.497 e. The summed E-state index contributed by atoms with van der Waals surface area (Å²) in [6.07, 6.45) is 0. The van der Waals surface area contributed by atoms with Crippen molar-refractivity contribution in [2.24, 2.45) is 0 Å². The molecule has 2 N–H and O–H groups in total. The number of rotatable bonds is 8. The molecule has 3 aromatic carbocycles. The van der Waals surface area contributed by atoms with Crippen molar-refractivity contribution in [1.82, 2.24) is 10.6 Å². The standard InChI is InChI=1S/C27H25FN2O6/c1-33-18-13-11-16(12-14-18)23-22(26(31)35-3)24(30-27(32)29-23)19-8-6-10-21(34-2)25(19)36-15-17-7-4-5-9-20(17)28/h4-14,24H,15H2,1-3H3,(H2,29,30,32). The average molecular weight is 493 g/mol. The fraction of sp³-hybridized carbons (Fsp3) is 0.185. The first-order chi connectivity index (χ1) is 17.5. The second-order valence-corrected chi connectivity index (χ2v) is 7.80. The van der Waals surface area contributed by atoms with Gasteiger partial charge in [0.25, 0.3) is 0 Å². The third-order valence-electron chi connectivity index (χ3n) is 5.73. The highest BCUT2D eigenvalue weighted by Gasteiger charge is 2.36. The molecule has 0 saturated heterocycles. The van der Waals surface area contributed by atoms with Crippen LogP contribution in [-0.2, 0) is 16.1 Å². The topological polar surface area (TPSA) is 95.1 Å². The first-order valence-corrected chi connectivity index (χ1v) is 11.0. The molecule has 186 valence electrons. The average Bonchev–Trinajstić information content (AvgIpc) is 2.91. The van der Waals surface area contributed by atoms with Crippen LogP contribution in [0.25, 0.3) is 5.70 Å². The first kappa shape index (κ1) is 24.6. The largest absolute Gasteiger partial charge is 0.497 e. The zero-order valence-corrected chi connectivity index (χ0v) is 20.0. The Balaban J connectivity index is 1.83. The third kappa shape index (κ3) is 4.95. The van der Waals surface area contributed by atoms with Crippen molar-refractivity contribution >= 4 is 17.7 Å². The lowest BCUT2D eigenvalue weighted by Crippen LogP contribution is -2.45. The fourth-order valence-electron chi connectivity index (χ4n) is 3.95. The van der Waals surface area contributed by atoms with Crippen molar-refractivity contribution in [3.8, 4) is 17.2 Å². The lowest BCUT2D eigenvalue weighted by Gasteiger charge is -2.30. The molecule has 0 fully saturated rings. The molecule has 36 heavy (non-hydrogen) atoms. The molecule has 0 spiro atoms. The molecule has 0 bridgehead atoms. The SMILES string of the molecule is COC(=O)C1=C(c2ccc(OC)cc2)NC(=O)NC1c1cccc(OC)c1OCc1ccccc1F. The zero-order valence-electron chi connectivity index (χ0n) is 20.0. The van der Waals surface area contributed by atoms with Gasteiger partial charge in [-0.15, -0.1) is 0 Å². The summed E-state index contributed by atoms with van der Waals surface area (Å²) >= 11 is 0. The van der Waals surface area contributed by atoms with Gasteiger partial charge in [-0.2, -0.15) is 0 Å². The van der Waals surface area contributed by atoms with Crippen LogP contribution in [0.3, 0.4) is 0 Å². The number of benzene rings is 3. The summed E-state index contributed by atoms with van der Waals surface area (Å²) in [5, 5.41) is 5.49. The number of halogens is 1. The van der Waals surface area contributed by atoms with Crippen molar-refractivity contribution in [2.45, 2.75) is 12.6 Å². The normalized spacial score (nSPS) is 15.0. The van der Waals surface area contributed by atoms with E-state index in [9.17, 15) is 14.0 Å². The van der Waals surface area contributed by atoms with E-state index in [1.165, 1.54) is 20.3 Å². The Kier molecular flexibility index (Phi) is 7.39. The lowest BCUT2D eigenvalue weighted by molar-refractivity contribution is -0.136. The molecule has 1 unspecified atom stereocenters.